The van der Waals surface area contributed by atoms with Crippen molar-refractivity contribution >= 4 is 24.1 Å². The van der Waals surface area contributed by atoms with Crippen LogP contribution in [0, 0.1) is 0 Å². The van der Waals surface area contributed by atoms with E-state index in [1.807, 2.05) is 26.1 Å². The number of rotatable bonds is 0. The molecule has 0 amide bonds. The summed E-state index contributed by atoms with van der Waals surface area (Å²) in [6, 6.07) is 0. The van der Waals surface area contributed by atoms with Gasteiger partial charge in [0.25, 0.3) is 0 Å². The van der Waals surface area contributed by atoms with Crippen LogP contribution in [0.5, 0.6) is 0 Å². The van der Waals surface area contributed by atoms with Gasteiger partial charge in [-0.2, -0.15) is 4.40 Å². The standard InChI is InChI=1S/C6H8N2S/c1-5-3-6(2)8-9-7-4-5/h3-4H,1-2H3. The van der Waals surface area contributed by atoms with Gasteiger partial charge in [-0.15, -0.1) is 0 Å². The number of nitrogens with zero attached hydrogens (tertiary/aromatic N) is 2. The summed E-state index contributed by atoms with van der Waals surface area (Å²) in [6.07, 6.45) is 3.81. The van der Waals surface area contributed by atoms with Crippen LogP contribution in [0.3, 0.4) is 0 Å². The summed E-state index contributed by atoms with van der Waals surface area (Å²) >= 11 is 1.23. The van der Waals surface area contributed by atoms with Crippen LogP contribution in [-0.2, 0) is 0 Å². The molecule has 0 saturated heterocycles. The van der Waals surface area contributed by atoms with Crippen LogP contribution in [-0.4, -0.2) is 11.9 Å². The number of allylic oxidation sites excluding steroid dienone is 2. The highest BCUT2D eigenvalue weighted by Crippen LogP contribution is 2.08. The first kappa shape index (κ1) is 6.55. The monoisotopic (exact) mass is 140 g/mol. The van der Waals surface area contributed by atoms with Gasteiger partial charge in [-0.1, -0.05) is 0 Å². The van der Waals surface area contributed by atoms with Gasteiger partial charge in [0.2, 0.25) is 0 Å². The lowest BCUT2D eigenvalue weighted by Gasteiger charge is -1.84. The van der Waals surface area contributed by atoms with E-state index in [-0.39, 0.29) is 0 Å². The van der Waals surface area contributed by atoms with Crippen LogP contribution in [0.15, 0.2) is 20.4 Å². The van der Waals surface area contributed by atoms with E-state index in [1.165, 1.54) is 12.1 Å². The third-order valence-electron chi connectivity index (χ3n) is 0.925. The van der Waals surface area contributed by atoms with Crippen LogP contribution in [0.1, 0.15) is 13.8 Å². The Morgan fingerprint density at radius 3 is 3.00 bits per heavy atom. The molecule has 1 aliphatic rings. The lowest BCUT2D eigenvalue weighted by Crippen LogP contribution is -1.83. The molecule has 0 unspecified atom stereocenters. The minimum absolute atomic E-state index is 1.02. The van der Waals surface area contributed by atoms with Gasteiger partial charge in [0, 0.05) is 11.9 Å². The average Bonchev–Trinajstić information content (AvgIpc) is 1.93. The molecule has 3 heteroatoms. The molecule has 0 fully saturated rings. The Balaban J connectivity index is 2.82. The lowest BCUT2D eigenvalue weighted by atomic mass is 10.2. The molecule has 0 aromatic rings. The second kappa shape index (κ2) is 2.82. The molecule has 0 saturated carbocycles. The molecule has 2 nitrogen and oxygen atoms in total. The van der Waals surface area contributed by atoms with Crippen molar-refractivity contribution in [2.75, 3.05) is 0 Å². The largest absolute Gasteiger partial charge is 0.201 e. The molecule has 9 heavy (non-hydrogen) atoms. The maximum atomic E-state index is 4.03. The zero-order valence-corrected chi connectivity index (χ0v) is 6.27. The van der Waals surface area contributed by atoms with Crippen molar-refractivity contribution in [3.05, 3.63) is 11.6 Å². The van der Waals surface area contributed by atoms with E-state index in [0.29, 0.717) is 0 Å². The molecule has 48 valence electrons. The summed E-state index contributed by atoms with van der Waals surface area (Å²) in [5.41, 5.74) is 2.18. The van der Waals surface area contributed by atoms with Gasteiger partial charge in [-0.3, -0.25) is 0 Å². The van der Waals surface area contributed by atoms with Gasteiger partial charge in [-0.25, -0.2) is 4.40 Å². The maximum absolute atomic E-state index is 4.03. The van der Waals surface area contributed by atoms with Gasteiger partial charge in [0.15, 0.2) is 0 Å². The highest BCUT2D eigenvalue weighted by Gasteiger charge is 1.91. The minimum Gasteiger partial charge on any atom is -0.201 e. The summed E-state index contributed by atoms with van der Waals surface area (Å²) < 4.78 is 7.97. The maximum Gasteiger partial charge on any atom is 0.115 e. The molecule has 0 aromatic carbocycles. The molecular weight excluding hydrogens is 132 g/mol. The smallest absolute Gasteiger partial charge is 0.115 e. The van der Waals surface area contributed by atoms with E-state index in [9.17, 15) is 0 Å². The van der Waals surface area contributed by atoms with Crippen molar-refractivity contribution < 1.29 is 0 Å². The van der Waals surface area contributed by atoms with Gasteiger partial charge in [-0.05, 0) is 25.5 Å². The summed E-state index contributed by atoms with van der Waals surface area (Å²) in [6.45, 7) is 3.97. The summed E-state index contributed by atoms with van der Waals surface area (Å²) in [4.78, 5) is 0. The molecule has 0 radical (unpaired) electrons. The van der Waals surface area contributed by atoms with Crippen LogP contribution in [0.4, 0.5) is 0 Å². The van der Waals surface area contributed by atoms with E-state index in [2.05, 4.69) is 8.80 Å². The van der Waals surface area contributed by atoms with Crippen molar-refractivity contribution in [1.82, 2.24) is 0 Å². The highest BCUT2D eigenvalue weighted by molar-refractivity contribution is 7.97. The van der Waals surface area contributed by atoms with Gasteiger partial charge >= 0.3 is 0 Å². The molecule has 0 aliphatic carbocycles. The molecule has 0 N–H and O–H groups in total. The summed E-state index contributed by atoms with van der Waals surface area (Å²) in [5, 5.41) is 0. The fraction of sp³-hybridized carbons (Fsp3) is 0.333. The minimum atomic E-state index is 1.02. The molecule has 0 bridgehead atoms. The van der Waals surface area contributed by atoms with E-state index in [0.717, 1.165) is 11.3 Å². The Morgan fingerprint density at radius 2 is 2.22 bits per heavy atom. The van der Waals surface area contributed by atoms with E-state index in [4.69, 9.17) is 0 Å². The Bertz CT molecular complexity index is 191. The Morgan fingerprint density at radius 1 is 1.44 bits per heavy atom. The van der Waals surface area contributed by atoms with E-state index < -0.39 is 0 Å². The highest BCUT2D eigenvalue weighted by atomic mass is 32.2. The van der Waals surface area contributed by atoms with Gasteiger partial charge in [0.1, 0.15) is 12.1 Å². The van der Waals surface area contributed by atoms with E-state index >= 15 is 0 Å². The quantitative estimate of drug-likeness (QED) is 0.472. The topological polar surface area (TPSA) is 24.7 Å². The van der Waals surface area contributed by atoms with Crippen LogP contribution < -0.4 is 0 Å². The normalized spacial score (nSPS) is 18.4. The Hall–Kier alpha value is -0.570. The SMILES string of the molecule is CC1=CC(C)=NSN=C1. The van der Waals surface area contributed by atoms with Crippen molar-refractivity contribution in [3.63, 3.8) is 0 Å². The van der Waals surface area contributed by atoms with Crippen molar-refractivity contribution in [2.24, 2.45) is 8.80 Å². The zero-order valence-electron chi connectivity index (χ0n) is 5.46. The molecule has 0 spiro atoms. The molecule has 1 aliphatic heterocycles. The summed E-state index contributed by atoms with van der Waals surface area (Å²) in [5.74, 6) is 0. The second-order valence-electron chi connectivity index (χ2n) is 1.94. The first-order valence-corrected chi connectivity index (χ1v) is 3.44. The number of hydrogen-bond donors (Lipinski definition) is 0. The molecular formula is C6H8N2S. The van der Waals surface area contributed by atoms with E-state index in [1.54, 1.807) is 0 Å². The molecule has 1 heterocycles. The lowest BCUT2D eigenvalue weighted by molar-refractivity contribution is 1.62. The molecule has 0 aromatic heterocycles. The zero-order chi connectivity index (χ0) is 6.69. The predicted molar refractivity (Wildman–Crippen MR) is 42.9 cm³/mol. The molecule has 1 rings (SSSR count). The first-order valence-electron chi connectivity index (χ1n) is 2.71. The Labute approximate surface area is 59.1 Å². The fourth-order valence-corrected chi connectivity index (χ4v) is 1.03. The number of hydrogen-bond acceptors (Lipinski definition) is 3. The van der Waals surface area contributed by atoms with Crippen LogP contribution in [0.2, 0.25) is 0 Å². The third-order valence-corrected chi connectivity index (χ3v) is 1.49. The van der Waals surface area contributed by atoms with Crippen LogP contribution >= 0.6 is 12.1 Å². The van der Waals surface area contributed by atoms with Crippen molar-refractivity contribution in [3.8, 4) is 0 Å². The first-order chi connectivity index (χ1) is 4.29. The fourth-order valence-electron chi connectivity index (χ4n) is 0.588. The van der Waals surface area contributed by atoms with Crippen LogP contribution in [0.25, 0.3) is 0 Å². The van der Waals surface area contributed by atoms with Crippen molar-refractivity contribution in [1.29, 1.82) is 0 Å². The molecule has 0 atom stereocenters. The van der Waals surface area contributed by atoms with Gasteiger partial charge in [0.05, 0.1) is 0 Å². The van der Waals surface area contributed by atoms with Gasteiger partial charge < -0.3 is 0 Å². The summed E-state index contributed by atoms with van der Waals surface area (Å²) in [7, 11) is 0. The van der Waals surface area contributed by atoms with Crippen molar-refractivity contribution in [2.45, 2.75) is 13.8 Å². The second-order valence-corrected chi connectivity index (χ2v) is 2.49. The third kappa shape index (κ3) is 2.01. The Kier molecular flexibility index (Phi) is 2.05. The predicted octanol–water partition coefficient (Wildman–Crippen LogP) is 2.04. The average molecular weight is 140 g/mol.